The zero-order valence-electron chi connectivity index (χ0n) is 12.0. The molecule has 0 radical (unpaired) electrons. The molecule has 1 saturated heterocycles. The highest BCUT2D eigenvalue weighted by atomic mass is 35.5. The van der Waals surface area contributed by atoms with Gasteiger partial charge in [-0.25, -0.2) is 0 Å². The molecule has 4 atom stereocenters. The summed E-state index contributed by atoms with van der Waals surface area (Å²) in [5.74, 6) is 0.984. The predicted octanol–water partition coefficient (Wildman–Crippen LogP) is 3.21. The van der Waals surface area contributed by atoms with E-state index in [1.165, 1.54) is 0 Å². The highest BCUT2D eigenvalue weighted by Crippen LogP contribution is 2.50. The van der Waals surface area contributed by atoms with E-state index in [2.05, 4.69) is 17.6 Å². The maximum absolute atomic E-state index is 12.4. The predicted molar refractivity (Wildman–Crippen MR) is 85.9 cm³/mol. The molecule has 1 saturated carbocycles. The number of halogens is 2. The van der Waals surface area contributed by atoms with Gasteiger partial charge in [0.1, 0.15) is 0 Å². The monoisotopic (exact) mass is 326 g/mol. The van der Waals surface area contributed by atoms with Crippen LogP contribution in [-0.2, 0) is 4.79 Å². The SMILES string of the molecule is CC1CCNCC1NC(=O)C1CC1c1ccc(Cl)cc1Cl. The Bertz CT molecular complexity index is 549. The van der Waals surface area contributed by atoms with Crippen LogP contribution in [0.5, 0.6) is 0 Å². The summed E-state index contributed by atoms with van der Waals surface area (Å²) in [6, 6.07) is 5.77. The van der Waals surface area contributed by atoms with E-state index in [0.29, 0.717) is 16.0 Å². The highest BCUT2D eigenvalue weighted by Gasteiger charge is 2.45. The average molecular weight is 327 g/mol. The molecular formula is C16H20Cl2N2O. The van der Waals surface area contributed by atoms with Gasteiger partial charge < -0.3 is 10.6 Å². The molecule has 21 heavy (non-hydrogen) atoms. The van der Waals surface area contributed by atoms with Crippen LogP contribution in [-0.4, -0.2) is 25.0 Å². The zero-order chi connectivity index (χ0) is 15.0. The lowest BCUT2D eigenvalue weighted by Crippen LogP contribution is -2.50. The molecule has 1 aliphatic carbocycles. The van der Waals surface area contributed by atoms with Crippen molar-refractivity contribution in [3.63, 3.8) is 0 Å². The first-order valence-electron chi connectivity index (χ1n) is 7.52. The summed E-state index contributed by atoms with van der Waals surface area (Å²) < 4.78 is 0. The van der Waals surface area contributed by atoms with Crippen LogP contribution >= 0.6 is 23.2 Å². The molecule has 2 fully saturated rings. The normalized spacial score (nSPS) is 31.8. The fraction of sp³-hybridized carbons (Fsp3) is 0.562. The lowest BCUT2D eigenvalue weighted by Gasteiger charge is -2.30. The molecule has 1 amide bonds. The summed E-state index contributed by atoms with van der Waals surface area (Å²) in [6.07, 6.45) is 1.99. The van der Waals surface area contributed by atoms with E-state index in [1.807, 2.05) is 12.1 Å². The Labute approximate surface area is 135 Å². The van der Waals surface area contributed by atoms with E-state index in [9.17, 15) is 4.79 Å². The third-order valence-corrected chi connectivity index (χ3v) is 5.21. The first-order valence-corrected chi connectivity index (χ1v) is 8.28. The molecule has 2 aliphatic rings. The van der Waals surface area contributed by atoms with Gasteiger partial charge in [-0.05, 0) is 48.9 Å². The molecule has 2 N–H and O–H groups in total. The van der Waals surface area contributed by atoms with Crippen molar-refractivity contribution in [2.24, 2.45) is 11.8 Å². The van der Waals surface area contributed by atoms with Gasteiger partial charge in [0.2, 0.25) is 5.91 Å². The van der Waals surface area contributed by atoms with E-state index < -0.39 is 0 Å². The molecule has 0 bridgehead atoms. The van der Waals surface area contributed by atoms with Gasteiger partial charge >= 0.3 is 0 Å². The summed E-state index contributed by atoms with van der Waals surface area (Å²) in [4.78, 5) is 12.4. The quantitative estimate of drug-likeness (QED) is 0.895. The summed E-state index contributed by atoms with van der Waals surface area (Å²) >= 11 is 12.1. The fourth-order valence-electron chi connectivity index (χ4n) is 3.10. The third-order valence-electron chi connectivity index (χ3n) is 4.64. The average Bonchev–Trinajstić information content (AvgIpc) is 3.21. The van der Waals surface area contributed by atoms with Crippen LogP contribution < -0.4 is 10.6 Å². The number of rotatable bonds is 3. The van der Waals surface area contributed by atoms with Gasteiger partial charge in [-0.3, -0.25) is 4.79 Å². The van der Waals surface area contributed by atoms with Crippen molar-refractivity contribution in [2.75, 3.05) is 13.1 Å². The standard InChI is InChI=1S/C16H20Cl2N2O/c1-9-4-5-19-8-15(9)20-16(21)13-7-12(13)11-3-2-10(17)6-14(11)18/h2-3,6,9,12-13,15,19H,4-5,7-8H2,1H3,(H,20,21). The molecule has 3 rings (SSSR count). The molecule has 1 aliphatic heterocycles. The summed E-state index contributed by atoms with van der Waals surface area (Å²) in [7, 11) is 0. The van der Waals surface area contributed by atoms with Gasteiger partial charge in [0.05, 0.1) is 0 Å². The van der Waals surface area contributed by atoms with Crippen LogP contribution in [0.15, 0.2) is 18.2 Å². The van der Waals surface area contributed by atoms with Crippen LogP contribution in [0.1, 0.15) is 31.2 Å². The number of amides is 1. The number of hydrogen-bond acceptors (Lipinski definition) is 2. The van der Waals surface area contributed by atoms with Crippen LogP contribution in [0.25, 0.3) is 0 Å². The van der Waals surface area contributed by atoms with Crippen molar-refractivity contribution in [3.8, 4) is 0 Å². The molecule has 1 heterocycles. The first-order chi connectivity index (χ1) is 10.1. The Morgan fingerprint density at radius 3 is 2.90 bits per heavy atom. The Hall–Kier alpha value is -0.770. The summed E-state index contributed by atoms with van der Waals surface area (Å²) in [5.41, 5.74) is 1.04. The highest BCUT2D eigenvalue weighted by molar-refractivity contribution is 6.35. The van der Waals surface area contributed by atoms with Crippen molar-refractivity contribution in [1.29, 1.82) is 0 Å². The minimum absolute atomic E-state index is 0.0535. The van der Waals surface area contributed by atoms with Gasteiger partial charge in [0, 0.05) is 28.5 Å². The zero-order valence-corrected chi connectivity index (χ0v) is 13.5. The number of carbonyl (C=O) groups excluding carboxylic acids is 1. The van der Waals surface area contributed by atoms with Gasteiger partial charge in [-0.15, -0.1) is 0 Å². The second-order valence-corrected chi connectivity index (χ2v) is 7.04. The molecule has 0 spiro atoms. The van der Waals surface area contributed by atoms with E-state index in [0.717, 1.165) is 31.5 Å². The molecule has 0 aromatic heterocycles. The number of benzene rings is 1. The van der Waals surface area contributed by atoms with E-state index in [1.54, 1.807) is 6.07 Å². The smallest absolute Gasteiger partial charge is 0.224 e. The van der Waals surface area contributed by atoms with Gasteiger partial charge in [-0.1, -0.05) is 36.2 Å². The molecule has 1 aromatic carbocycles. The van der Waals surface area contributed by atoms with Crippen LogP contribution in [0, 0.1) is 11.8 Å². The van der Waals surface area contributed by atoms with E-state index in [-0.39, 0.29) is 23.8 Å². The molecule has 3 nitrogen and oxygen atoms in total. The Kier molecular flexibility index (Phi) is 4.43. The van der Waals surface area contributed by atoms with Crippen molar-refractivity contribution < 1.29 is 4.79 Å². The molecular weight excluding hydrogens is 307 g/mol. The molecule has 114 valence electrons. The molecule has 1 aromatic rings. The topological polar surface area (TPSA) is 41.1 Å². The maximum atomic E-state index is 12.4. The Balaban J connectivity index is 1.60. The van der Waals surface area contributed by atoms with Crippen LogP contribution in [0.2, 0.25) is 10.0 Å². The second-order valence-electron chi connectivity index (χ2n) is 6.20. The van der Waals surface area contributed by atoms with Crippen molar-refractivity contribution in [2.45, 2.75) is 31.7 Å². The largest absolute Gasteiger partial charge is 0.352 e. The minimum Gasteiger partial charge on any atom is -0.352 e. The van der Waals surface area contributed by atoms with Crippen molar-refractivity contribution in [3.05, 3.63) is 33.8 Å². The number of nitrogens with one attached hydrogen (secondary N) is 2. The molecule has 4 unspecified atom stereocenters. The lowest BCUT2D eigenvalue weighted by molar-refractivity contribution is -0.123. The second kappa shape index (κ2) is 6.15. The van der Waals surface area contributed by atoms with Crippen LogP contribution in [0.4, 0.5) is 0 Å². The minimum atomic E-state index is 0.0535. The van der Waals surface area contributed by atoms with E-state index >= 15 is 0 Å². The number of hydrogen-bond donors (Lipinski definition) is 2. The first kappa shape index (κ1) is 15.1. The Morgan fingerprint density at radius 2 is 2.19 bits per heavy atom. The molecule has 5 heteroatoms. The third kappa shape index (κ3) is 3.36. The van der Waals surface area contributed by atoms with Crippen molar-refractivity contribution in [1.82, 2.24) is 10.6 Å². The summed E-state index contributed by atoms with van der Waals surface area (Å²) in [6.45, 7) is 4.11. The Morgan fingerprint density at radius 1 is 1.38 bits per heavy atom. The van der Waals surface area contributed by atoms with E-state index in [4.69, 9.17) is 23.2 Å². The number of piperidine rings is 1. The van der Waals surface area contributed by atoms with Crippen LogP contribution in [0.3, 0.4) is 0 Å². The van der Waals surface area contributed by atoms with Gasteiger partial charge in [0.15, 0.2) is 0 Å². The summed E-state index contributed by atoms with van der Waals surface area (Å²) in [5, 5.41) is 7.82. The van der Waals surface area contributed by atoms with Crippen molar-refractivity contribution >= 4 is 29.1 Å². The van der Waals surface area contributed by atoms with Gasteiger partial charge in [-0.2, -0.15) is 0 Å². The maximum Gasteiger partial charge on any atom is 0.224 e. The van der Waals surface area contributed by atoms with Gasteiger partial charge in [0.25, 0.3) is 0 Å². The number of carbonyl (C=O) groups is 1. The fourth-order valence-corrected chi connectivity index (χ4v) is 3.65. The lowest BCUT2D eigenvalue weighted by atomic mass is 9.94.